The van der Waals surface area contributed by atoms with Crippen molar-refractivity contribution < 1.29 is 23.8 Å². The van der Waals surface area contributed by atoms with Crippen LogP contribution in [0, 0.1) is 11.8 Å². The van der Waals surface area contributed by atoms with E-state index in [1.54, 1.807) is 24.3 Å². The number of anilines is 1. The molecule has 10 heteroatoms. The fourth-order valence-electron chi connectivity index (χ4n) is 4.69. The minimum absolute atomic E-state index is 0.0616. The number of alkyl halides is 2. The number of imide groups is 1. The Hall–Kier alpha value is -1.02. The third-order valence-electron chi connectivity index (χ3n) is 5.86. The van der Waals surface area contributed by atoms with E-state index in [1.165, 1.54) is 21.3 Å². The second-order valence-corrected chi connectivity index (χ2v) is 8.69. The number of amides is 2. The minimum Gasteiger partial charge on any atom is -0.497 e. The number of fused-ring (bicyclic) bond motifs is 5. The van der Waals surface area contributed by atoms with Gasteiger partial charge < -0.3 is 14.2 Å². The maximum absolute atomic E-state index is 13.4. The van der Waals surface area contributed by atoms with E-state index in [4.69, 9.17) is 60.6 Å². The molecule has 1 saturated heterocycles. The largest absolute Gasteiger partial charge is 0.497 e. The SMILES string of the molecule is COc1ccc(N2C(=O)[C@@H]3[C@H](C2=O)[C@]2(Cl)C(Cl)=C(Cl)[C@@]3(Cl)C2(OC)OC)cc1. The maximum Gasteiger partial charge on any atom is 0.240 e. The molecule has 150 valence electrons. The van der Waals surface area contributed by atoms with E-state index in [1.807, 2.05) is 0 Å². The molecule has 1 heterocycles. The average molecular weight is 467 g/mol. The van der Waals surface area contributed by atoms with E-state index in [9.17, 15) is 9.59 Å². The summed E-state index contributed by atoms with van der Waals surface area (Å²) in [7, 11) is 4.14. The van der Waals surface area contributed by atoms with Crippen LogP contribution in [0.25, 0.3) is 0 Å². The van der Waals surface area contributed by atoms with E-state index in [-0.39, 0.29) is 10.1 Å². The molecule has 2 aliphatic carbocycles. The zero-order valence-corrected chi connectivity index (χ0v) is 18.0. The average Bonchev–Trinajstić information content (AvgIpc) is 3.12. The van der Waals surface area contributed by atoms with Crippen LogP contribution in [-0.4, -0.2) is 48.7 Å². The second kappa shape index (κ2) is 6.24. The molecule has 2 bridgehead atoms. The van der Waals surface area contributed by atoms with Gasteiger partial charge in [-0.25, -0.2) is 4.90 Å². The summed E-state index contributed by atoms with van der Waals surface area (Å²) in [6.45, 7) is 0. The molecule has 1 aliphatic heterocycles. The smallest absolute Gasteiger partial charge is 0.240 e. The second-order valence-electron chi connectivity index (χ2n) is 6.74. The summed E-state index contributed by atoms with van der Waals surface area (Å²) in [6, 6.07) is 6.46. The molecule has 0 N–H and O–H groups in total. The molecule has 1 aromatic rings. The van der Waals surface area contributed by atoms with Crippen LogP contribution in [0.15, 0.2) is 34.3 Å². The lowest BCUT2D eigenvalue weighted by Gasteiger charge is -2.42. The predicted octanol–water partition coefficient (Wildman–Crippen LogP) is 3.46. The molecule has 0 unspecified atom stereocenters. The van der Waals surface area contributed by atoms with E-state index in [2.05, 4.69) is 0 Å². The van der Waals surface area contributed by atoms with Crippen LogP contribution in [0.4, 0.5) is 5.69 Å². The van der Waals surface area contributed by atoms with Gasteiger partial charge in [0.1, 0.15) is 15.5 Å². The number of carbonyl (C=O) groups is 2. The number of hydrogen-bond acceptors (Lipinski definition) is 5. The summed E-state index contributed by atoms with van der Waals surface area (Å²) in [5.41, 5.74) is 0.359. The molecule has 2 fully saturated rings. The Morgan fingerprint density at radius 1 is 0.857 bits per heavy atom. The third kappa shape index (κ3) is 1.90. The Labute approximate surface area is 181 Å². The molecule has 3 aliphatic rings. The highest BCUT2D eigenvalue weighted by Crippen LogP contribution is 2.75. The Kier molecular flexibility index (Phi) is 4.51. The Balaban J connectivity index is 1.88. The van der Waals surface area contributed by atoms with Gasteiger partial charge in [-0.15, -0.1) is 23.2 Å². The summed E-state index contributed by atoms with van der Waals surface area (Å²) >= 11 is 26.6. The third-order valence-corrected chi connectivity index (χ3v) is 8.47. The zero-order chi connectivity index (χ0) is 20.6. The van der Waals surface area contributed by atoms with Crippen LogP contribution < -0.4 is 9.64 Å². The van der Waals surface area contributed by atoms with Crippen molar-refractivity contribution >= 4 is 63.9 Å². The normalized spacial score (nSPS) is 35.8. The molecule has 0 spiro atoms. The van der Waals surface area contributed by atoms with Crippen LogP contribution in [0.5, 0.6) is 5.75 Å². The van der Waals surface area contributed by atoms with Gasteiger partial charge in [-0.1, -0.05) is 23.2 Å². The Morgan fingerprint density at radius 2 is 1.29 bits per heavy atom. The van der Waals surface area contributed by atoms with Gasteiger partial charge in [0.05, 0.1) is 34.7 Å². The molecular weight excluding hydrogens is 452 g/mol. The van der Waals surface area contributed by atoms with Gasteiger partial charge in [0, 0.05) is 14.2 Å². The summed E-state index contributed by atoms with van der Waals surface area (Å²) in [5.74, 6) is -4.55. The standard InChI is InChI=1S/C18H15Cl4NO5/c1-26-9-6-4-8(5-7-9)23-14(24)10-11(15(23)25)17(22)13(20)12(19)16(10,21)18(17,27-2)28-3/h4-7,10-11H,1-3H3/t10-,11+,16+,17-. The molecule has 4 rings (SSSR count). The first kappa shape index (κ1) is 20.3. The molecule has 0 aromatic heterocycles. The van der Waals surface area contributed by atoms with Crippen molar-refractivity contribution in [3.63, 3.8) is 0 Å². The van der Waals surface area contributed by atoms with Gasteiger partial charge in [-0.3, -0.25) is 9.59 Å². The van der Waals surface area contributed by atoms with Crippen molar-refractivity contribution in [2.45, 2.75) is 15.5 Å². The van der Waals surface area contributed by atoms with Crippen molar-refractivity contribution in [1.82, 2.24) is 0 Å². The van der Waals surface area contributed by atoms with Gasteiger partial charge in [0.25, 0.3) is 0 Å². The van der Waals surface area contributed by atoms with Gasteiger partial charge in [-0.05, 0) is 24.3 Å². The first-order valence-electron chi connectivity index (χ1n) is 8.23. The number of ether oxygens (including phenoxy) is 3. The molecule has 2 amide bonds. The lowest BCUT2D eigenvalue weighted by Crippen LogP contribution is -2.60. The summed E-state index contributed by atoms with van der Waals surface area (Å²) in [4.78, 5) is 24.2. The van der Waals surface area contributed by atoms with Crippen LogP contribution in [0.2, 0.25) is 0 Å². The van der Waals surface area contributed by atoms with Crippen LogP contribution in [0.1, 0.15) is 0 Å². The fraction of sp³-hybridized carbons (Fsp3) is 0.444. The molecular formula is C18H15Cl4NO5. The quantitative estimate of drug-likeness (QED) is 0.386. The van der Waals surface area contributed by atoms with Crippen molar-refractivity contribution in [1.29, 1.82) is 0 Å². The number of halogens is 4. The van der Waals surface area contributed by atoms with Crippen molar-refractivity contribution in [3.8, 4) is 5.75 Å². The van der Waals surface area contributed by atoms with Crippen molar-refractivity contribution in [2.75, 3.05) is 26.2 Å². The van der Waals surface area contributed by atoms with Crippen LogP contribution >= 0.6 is 46.4 Å². The lowest BCUT2D eigenvalue weighted by molar-refractivity contribution is -0.221. The van der Waals surface area contributed by atoms with E-state index in [0.717, 1.165) is 4.90 Å². The Morgan fingerprint density at radius 3 is 1.64 bits per heavy atom. The fourth-order valence-corrected chi connectivity index (χ4v) is 6.85. The first-order valence-corrected chi connectivity index (χ1v) is 9.74. The van der Waals surface area contributed by atoms with E-state index in [0.29, 0.717) is 11.4 Å². The summed E-state index contributed by atoms with van der Waals surface area (Å²) in [6.07, 6.45) is 0. The Bertz CT molecular complexity index is 869. The highest BCUT2D eigenvalue weighted by Gasteiger charge is 2.89. The predicted molar refractivity (Wildman–Crippen MR) is 105 cm³/mol. The van der Waals surface area contributed by atoms with Gasteiger partial charge in [0.15, 0.2) is 0 Å². The molecule has 1 saturated carbocycles. The topological polar surface area (TPSA) is 65.1 Å². The zero-order valence-electron chi connectivity index (χ0n) is 15.0. The number of nitrogens with zero attached hydrogens (tertiary/aromatic N) is 1. The molecule has 28 heavy (non-hydrogen) atoms. The monoisotopic (exact) mass is 465 g/mol. The van der Waals surface area contributed by atoms with Gasteiger partial charge in [-0.2, -0.15) is 0 Å². The number of carbonyl (C=O) groups excluding carboxylic acids is 2. The highest BCUT2D eigenvalue weighted by molar-refractivity contribution is 6.54. The maximum atomic E-state index is 13.4. The summed E-state index contributed by atoms with van der Waals surface area (Å²) < 4.78 is 16.2. The summed E-state index contributed by atoms with van der Waals surface area (Å²) in [5, 5.41) is -0.123. The van der Waals surface area contributed by atoms with Gasteiger partial charge in [0.2, 0.25) is 17.6 Å². The van der Waals surface area contributed by atoms with Crippen LogP contribution in [0.3, 0.4) is 0 Å². The first-order chi connectivity index (χ1) is 13.2. The number of methoxy groups -OCH3 is 3. The molecule has 4 atom stereocenters. The lowest BCUT2D eigenvalue weighted by atomic mass is 9.84. The minimum atomic E-state index is -1.79. The van der Waals surface area contributed by atoms with Crippen molar-refractivity contribution in [3.05, 3.63) is 34.3 Å². The van der Waals surface area contributed by atoms with Gasteiger partial charge >= 0.3 is 0 Å². The van der Waals surface area contributed by atoms with E-state index >= 15 is 0 Å². The van der Waals surface area contributed by atoms with Crippen molar-refractivity contribution in [2.24, 2.45) is 11.8 Å². The molecule has 1 aromatic carbocycles. The van der Waals surface area contributed by atoms with Crippen LogP contribution in [-0.2, 0) is 19.1 Å². The number of benzene rings is 1. The van der Waals surface area contributed by atoms with E-state index < -0.39 is 39.2 Å². The number of hydrogen-bond donors (Lipinski definition) is 0. The number of rotatable bonds is 4. The highest BCUT2D eigenvalue weighted by atomic mass is 35.5. The molecule has 0 radical (unpaired) electrons. The molecule has 6 nitrogen and oxygen atoms in total.